The molecule has 0 atom stereocenters. The lowest BCUT2D eigenvalue weighted by Crippen LogP contribution is -2.22. The summed E-state index contributed by atoms with van der Waals surface area (Å²) in [5.74, 6) is 0.559. The molecule has 3 heterocycles. The summed E-state index contributed by atoms with van der Waals surface area (Å²) >= 11 is 0. The smallest absolute Gasteiger partial charge is 0.228 e. The molecule has 2 N–H and O–H groups in total. The first-order chi connectivity index (χ1) is 17.7. The standard InChI is InChI=1S/C27H26FN7O2/c1-16-9-18(11-25(36)33-19-13-32-35(14-19)27(2,3)4)21(28)12-24(16)37-23-7-8-29-22-6-5-17(10-20(22)23)26-30-15-31-34-26/h5-10,12-15H,11H2,1-4H3,(H,33,36)(H,30,31,34). The van der Waals surface area contributed by atoms with Gasteiger partial charge in [0.15, 0.2) is 5.82 Å². The lowest BCUT2D eigenvalue weighted by molar-refractivity contribution is -0.115. The minimum absolute atomic E-state index is 0.119. The van der Waals surface area contributed by atoms with Gasteiger partial charge in [0, 0.05) is 29.4 Å². The number of carbonyl (C=O) groups excluding carboxylic acids is 1. The Bertz CT molecular complexity index is 1590. The van der Waals surface area contributed by atoms with Gasteiger partial charge in [0.2, 0.25) is 5.91 Å². The second kappa shape index (κ2) is 9.45. The molecule has 0 unspecified atom stereocenters. The molecule has 3 aromatic heterocycles. The molecule has 5 rings (SSSR count). The highest BCUT2D eigenvalue weighted by molar-refractivity contribution is 5.92. The zero-order valence-electron chi connectivity index (χ0n) is 20.9. The average molecular weight is 500 g/mol. The molecule has 0 aliphatic carbocycles. The van der Waals surface area contributed by atoms with Gasteiger partial charge in [-0.05, 0) is 69.2 Å². The molecule has 188 valence electrons. The molecule has 0 saturated heterocycles. The number of rotatable bonds is 6. The topological polar surface area (TPSA) is 111 Å². The van der Waals surface area contributed by atoms with Crippen molar-refractivity contribution in [3.8, 4) is 22.9 Å². The Morgan fingerprint density at radius 3 is 2.70 bits per heavy atom. The van der Waals surface area contributed by atoms with Crippen LogP contribution in [0.3, 0.4) is 0 Å². The number of fused-ring (bicyclic) bond motifs is 1. The second-order valence-corrected chi connectivity index (χ2v) is 9.74. The number of H-pyrrole nitrogens is 1. The molecule has 0 spiro atoms. The Labute approximate surface area is 212 Å². The maximum absolute atomic E-state index is 15.0. The Morgan fingerprint density at radius 2 is 1.97 bits per heavy atom. The van der Waals surface area contributed by atoms with Crippen LogP contribution in [-0.2, 0) is 16.8 Å². The number of benzene rings is 2. The summed E-state index contributed by atoms with van der Waals surface area (Å²) in [7, 11) is 0. The van der Waals surface area contributed by atoms with E-state index in [0.717, 1.165) is 16.5 Å². The van der Waals surface area contributed by atoms with Gasteiger partial charge in [-0.25, -0.2) is 9.37 Å². The van der Waals surface area contributed by atoms with Crippen LogP contribution in [-0.4, -0.2) is 35.9 Å². The maximum atomic E-state index is 15.0. The van der Waals surface area contributed by atoms with Crippen LogP contribution in [0, 0.1) is 12.7 Å². The van der Waals surface area contributed by atoms with Gasteiger partial charge in [0.25, 0.3) is 0 Å². The first-order valence-electron chi connectivity index (χ1n) is 11.7. The van der Waals surface area contributed by atoms with Crippen molar-refractivity contribution in [2.75, 3.05) is 5.32 Å². The van der Waals surface area contributed by atoms with E-state index >= 15 is 4.39 Å². The highest BCUT2D eigenvalue weighted by atomic mass is 19.1. The number of halogens is 1. The van der Waals surface area contributed by atoms with Crippen molar-refractivity contribution in [1.82, 2.24) is 29.9 Å². The lowest BCUT2D eigenvalue weighted by atomic mass is 10.1. The van der Waals surface area contributed by atoms with Crippen molar-refractivity contribution in [3.05, 3.63) is 78.3 Å². The molecule has 5 aromatic rings. The van der Waals surface area contributed by atoms with Gasteiger partial charge < -0.3 is 10.1 Å². The Hall–Kier alpha value is -4.60. The third-order valence-electron chi connectivity index (χ3n) is 5.84. The molecule has 0 radical (unpaired) electrons. The molecular weight excluding hydrogens is 473 g/mol. The second-order valence-electron chi connectivity index (χ2n) is 9.74. The number of anilines is 1. The minimum Gasteiger partial charge on any atom is -0.456 e. The van der Waals surface area contributed by atoms with Gasteiger partial charge in [0.1, 0.15) is 23.6 Å². The van der Waals surface area contributed by atoms with Crippen LogP contribution < -0.4 is 10.1 Å². The normalized spacial score (nSPS) is 11.6. The quantitative estimate of drug-likeness (QED) is 0.324. The van der Waals surface area contributed by atoms with Gasteiger partial charge in [-0.1, -0.05) is 0 Å². The van der Waals surface area contributed by atoms with E-state index < -0.39 is 5.82 Å². The lowest BCUT2D eigenvalue weighted by Gasteiger charge is -2.18. The fourth-order valence-corrected chi connectivity index (χ4v) is 3.92. The monoisotopic (exact) mass is 499 g/mol. The molecule has 0 saturated carbocycles. The van der Waals surface area contributed by atoms with Gasteiger partial charge in [-0.2, -0.15) is 10.2 Å². The summed E-state index contributed by atoms with van der Waals surface area (Å²) in [5.41, 5.74) is 2.84. The van der Waals surface area contributed by atoms with Gasteiger partial charge in [-0.15, -0.1) is 0 Å². The number of carbonyl (C=O) groups is 1. The first-order valence-corrected chi connectivity index (χ1v) is 11.7. The number of hydrogen-bond donors (Lipinski definition) is 2. The van der Waals surface area contributed by atoms with Crippen molar-refractivity contribution >= 4 is 22.5 Å². The predicted octanol–water partition coefficient (Wildman–Crippen LogP) is 5.39. The van der Waals surface area contributed by atoms with E-state index in [1.807, 2.05) is 45.9 Å². The van der Waals surface area contributed by atoms with E-state index in [2.05, 4.69) is 30.6 Å². The molecule has 2 aromatic carbocycles. The molecule has 0 fully saturated rings. The molecule has 0 aliphatic rings. The number of amides is 1. The molecule has 0 bridgehead atoms. The summed E-state index contributed by atoms with van der Waals surface area (Å²) in [5, 5.41) is 14.6. The maximum Gasteiger partial charge on any atom is 0.228 e. The van der Waals surface area contributed by atoms with Crippen LogP contribution in [0.15, 0.2) is 61.3 Å². The highest BCUT2D eigenvalue weighted by Crippen LogP contribution is 2.34. The number of nitrogens with zero attached hydrogens (tertiary/aromatic N) is 5. The molecule has 10 heteroatoms. The zero-order chi connectivity index (χ0) is 26.2. The summed E-state index contributed by atoms with van der Waals surface area (Å²) in [6, 6.07) is 10.3. The average Bonchev–Trinajstić information content (AvgIpc) is 3.55. The van der Waals surface area contributed by atoms with E-state index in [0.29, 0.717) is 28.6 Å². The minimum atomic E-state index is -0.527. The Morgan fingerprint density at radius 1 is 1.14 bits per heavy atom. The first kappa shape index (κ1) is 24.1. The number of pyridine rings is 1. The molecule has 1 amide bonds. The summed E-state index contributed by atoms with van der Waals surface area (Å²) in [6.07, 6.45) is 6.35. The van der Waals surface area contributed by atoms with Crippen LogP contribution in [0.5, 0.6) is 11.5 Å². The van der Waals surface area contributed by atoms with Gasteiger partial charge in [-0.3, -0.25) is 19.6 Å². The fraction of sp³-hybridized carbons (Fsp3) is 0.222. The summed E-state index contributed by atoms with van der Waals surface area (Å²) < 4.78 is 22.9. The summed E-state index contributed by atoms with van der Waals surface area (Å²) in [4.78, 5) is 21.2. The van der Waals surface area contributed by atoms with E-state index in [1.54, 1.807) is 35.4 Å². The van der Waals surface area contributed by atoms with E-state index in [4.69, 9.17) is 4.74 Å². The van der Waals surface area contributed by atoms with E-state index in [1.165, 1.54) is 12.4 Å². The zero-order valence-corrected chi connectivity index (χ0v) is 20.9. The van der Waals surface area contributed by atoms with Crippen molar-refractivity contribution in [2.24, 2.45) is 0 Å². The third kappa shape index (κ3) is 5.18. The number of nitrogens with one attached hydrogen (secondary N) is 2. The van der Waals surface area contributed by atoms with E-state index in [9.17, 15) is 4.79 Å². The number of aryl methyl sites for hydroxylation is 1. The molecule has 0 aliphatic heterocycles. The van der Waals surface area contributed by atoms with Crippen LogP contribution in [0.25, 0.3) is 22.3 Å². The molecule has 37 heavy (non-hydrogen) atoms. The molecular formula is C27H26FN7O2. The van der Waals surface area contributed by atoms with Gasteiger partial charge >= 0.3 is 0 Å². The molecule has 9 nitrogen and oxygen atoms in total. The number of aromatic nitrogens is 6. The van der Waals surface area contributed by atoms with Crippen molar-refractivity contribution < 1.29 is 13.9 Å². The van der Waals surface area contributed by atoms with Crippen molar-refractivity contribution in [2.45, 2.75) is 39.7 Å². The van der Waals surface area contributed by atoms with Crippen molar-refractivity contribution in [1.29, 1.82) is 0 Å². The largest absolute Gasteiger partial charge is 0.456 e. The van der Waals surface area contributed by atoms with Crippen molar-refractivity contribution in [3.63, 3.8) is 0 Å². The number of hydrogen-bond acceptors (Lipinski definition) is 6. The fourth-order valence-electron chi connectivity index (χ4n) is 3.92. The van der Waals surface area contributed by atoms with Gasteiger partial charge in [0.05, 0.1) is 29.4 Å². The number of ether oxygens (including phenoxy) is 1. The SMILES string of the molecule is Cc1cc(CC(=O)Nc2cnn(C(C)(C)C)c2)c(F)cc1Oc1ccnc2ccc(-c3nc[nH]n3)cc12. The van der Waals surface area contributed by atoms with Crippen LogP contribution >= 0.6 is 0 Å². The van der Waals surface area contributed by atoms with E-state index in [-0.39, 0.29) is 23.4 Å². The van der Waals surface area contributed by atoms with Crippen LogP contribution in [0.1, 0.15) is 31.9 Å². The third-order valence-corrected chi connectivity index (χ3v) is 5.84. The number of aromatic amines is 1. The van der Waals surface area contributed by atoms with Crippen LogP contribution in [0.2, 0.25) is 0 Å². The Balaban J connectivity index is 1.35. The predicted molar refractivity (Wildman–Crippen MR) is 138 cm³/mol. The summed E-state index contributed by atoms with van der Waals surface area (Å²) in [6.45, 7) is 7.85. The Kier molecular flexibility index (Phi) is 6.16. The van der Waals surface area contributed by atoms with Crippen LogP contribution in [0.4, 0.5) is 10.1 Å². The highest BCUT2D eigenvalue weighted by Gasteiger charge is 2.17.